The highest BCUT2D eigenvalue weighted by Crippen LogP contribution is 2.34. The Morgan fingerprint density at radius 2 is 1.63 bits per heavy atom. The second-order valence-corrected chi connectivity index (χ2v) is 5.55. The number of nitriles is 1. The smallest absolute Gasteiger partial charge is 0.150 e. The molecule has 0 amide bonds. The molecule has 4 nitrogen and oxygen atoms in total. The van der Waals surface area contributed by atoms with Gasteiger partial charge in [-0.2, -0.15) is 5.26 Å². The number of rotatable bonds is 2. The molecule has 1 aromatic heterocycles. The van der Waals surface area contributed by atoms with Gasteiger partial charge in [-0.3, -0.25) is 0 Å². The molecule has 2 fully saturated rings. The molecule has 2 saturated heterocycles. The molecule has 0 radical (unpaired) electrons. The predicted octanol–water partition coefficient (Wildman–Crippen LogP) is 2.81. The Balaban J connectivity index is 2.05. The van der Waals surface area contributed by atoms with Gasteiger partial charge in [0.15, 0.2) is 0 Å². The fourth-order valence-corrected chi connectivity index (χ4v) is 3.14. The molecular formula is C14H17ClN4. The lowest BCUT2D eigenvalue weighted by atomic mass is 10.2. The lowest BCUT2D eigenvalue weighted by Gasteiger charge is -2.24. The second-order valence-electron chi connectivity index (χ2n) is 5.16. The van der Waals surface area contributed by atoms with Crippen LogP contribution in [0.15, 0.2) is 6.07 Å². The van der Waals surface area contributed by atoms with Crippen molar-refractivity contribution >= 4 is 23.1 Å². The van der Waals surface area contributed by atoms with Crippen LogP contribution in [0.2, 0.25) is 5.15 Å². The Labute approximate surface area is 118 Å². The summed E-state index contributed by atoms with van der Waals surface area (Å²) in [7, 11) is 0. The number of aromatic nitrogens is 1. The van der Waals surface area contributed by atoms with E-state index in [0.717, 1.165) is 50.5 Å². The lowest BCUT2D eigenvalue weighted by Crippen LogP contribution is -2.24. The molecule has 0 N–H and O–H groups in total. The van der Waals surface area contributed by atoms with Gasteiger partial charge in [-0.25, -0.2) is 4.98 Å². The van der Waals surface area contributed by atoms with E-state index in [1.807, 2.05) is 6.07 Å². The zero-order chi connectivity index (χ0) is 13.2. The molecule has 5 heteroatoms. The van der Waals surface area contributed by atoms with Crippen LogP contribution in [0.5, 0.6) is 0 Å². The van der Waals surface area contributed by atoms with Crippen LogP contribution in [-0.4, -0.2) is 31.2 Å². The van der Waals surface area contributed by atoms with Gasteiger partial charge in [-0.1, -0.05) is 11.6 Å². The maximum atomic E-state index is 9.52. The van der Waals surface area contributed by atoms with Gasteiger partial charge in [0.1, 0.15) is 22.6 Å². The molecule has 0 unspecified atom stereocenters. The zero-order valence-electron chi connectivity index (χ0n) is 10.9. The Hall–Kier alpha value is -1.47. The van der Waals surface area contributed by atoms with Crippen molar-refractivity contribution in [3.63, 3.8) is 0 Å². The van der Waals surface area contributed by atoms with Crippen LogP contribution in [0.1, 0.15) is 31.2 Å². The summed E-state index contributed by atoms with van der Waals surface area (Å²) in [6.07, 6.45) is 4.70. The van der Waals surface area contributed by atoms with Crippen LogP contribution in [0.25, 0.3) is 0 Å². The quantitative estimate of drug-likeness (QED) is 0.779. The van der Waals surface area contributed by atoms with Gasteiger partial charge in [0.2, 0.25) is 0 Å². The van der Waals surface area contributed by atoms with Crippen molar-refractivity contribution < 1.29 is 0 Å². The maximum Gasteiger partial charge on any atom is 0.150 e. The molecule has 3 rings (SSSR count). The van der Waals surface area contributed by atoms with Gasteiger partial charge >= 0.3 is 0 Å². The molecule has 0 atom stereocenters. The fraction of sp³-hybridized carbons (Fsp3) is 0.571. The molecular weight excluding hydrogens is 260 g/mol. The van der Waals surface area contributed by atoms with Gasteiger partial charge < -0.3 is 9.80 Å². The van der Waals surface area contributed by atoms with Crippen LogP contribution in [-0.2, 0) is 0 Å². The third-order valence-electron chi connectivity index (χ3n) is 3.91. The number of anilines is 2. The monoisotopic (exact) mass is 276 g/mol. The minimum atomic E-state index is 0.489. The van der Waals surface area contributed by atoms with Crippen LogP contribution in [0.4, 0.5) is 11.5 Å². The molecule has 100 valence electrons. The van der Waals surface area contributed by atoms with Crippen LogP contribution in [0.3, 0.4) is 0 Å². The van der Waals surface area contributed by atoms with Gasteiger partial charge in [0, 0.05) is 32.2 Å². The van der Waals surface area contributed by atoms with E-state index in [0.29, 0.717) is 10.7 Å². The standard InChI is InChI=1S/C14H17ClN4/c15-13-9-12(18-5-1-2-6-18)11(10-16)14(17-13)19-7-3-4-8-19/h9H,1-8H2. The van der Waals surface area contributed by atoms with E-state index in [4.69, 9.17) is 11.6 Å². The van der Waals surface area contributed by atoms with Crippen LogP contribution in [0, 0.1) is 11.3 Å². The highest BCUT2D eigenvalue weighted by Gasteiger charge is 2.24. The number of hydrogen-bond donors (Lipinski definition) is 0. The van der Waals surface area contributed by atoms with Crippen molar-refractivity contribution in [2.24, 2.45) is 0 Å². The average Bonchev–Trinajstić information content (AvgIpc) is 3.11. The third-order valence-corrected chi connectivity index (χ3v) is 4.11. The first-order valence-corrected chi connectivity index (χ1v) is 7.28. The minimum Gasteiger partial charge on any atom is -0.370 e. The molecule has 0 aromatic carbocycles. The summed E-state index contributed by atoms with van der Waals surface area (Å²) in [5, 5.41) is 10.0. The van der Waals surface area contributed by atoms with Crippen molar-refractivity contribution in [3.05, 3.63) is 16.8 Å². The highest BCUT2D eigenvalue weighted by atomic mass is 35.5. The van der Waals surface area contributed by atoms with Gasteiger partial charge in [-0.05, 0) is 25.7 Å². The van der Waals surface area contributed by atoms with Crippen LogP contribution < -0.4 is 9.80 Å². The number of nitrogens with zero attached hydrogens (tertiary/aromatic N) is 4. The SMILES string of the molecule is N#Cc1c(N2CCCC2)cc(Cl)nc1N1CCCC1. The van der Waals surface area contributed by atoms with E-state index in [1.54, 1.807) is 0 Å². The van der Waals surface area contributed by atoms with Crippen molar-refractivity contribution in [3.8, 4) is 6.07 Å². The van der Waals surface area contributed by atoms with E-state index in [-0.39, 0.29) is 0 Å². The second kappa shape index (κ2) is 5.26. The fourth-order valence-electron chi connectivity index (χ4n) is 2.96. The zero-order valence-corrected chi connectivity index (χ0v) is 11.7. The summed E-state index contributed by atoms with van der Waals surface area (Å²) in [5.74, 6) is 0.773. The highest BCUT2D eigenvalue weighted by molar-refractivity contribution is 6.29. The molecule has 2 aliphatic rings. The largest absolute Gasteiger partial charge is 0.370 e. The molecule has 0 saturated carbocycles. The van der Waals surface area contributed by atoms with Gasteiger partial charge in [0.05, 0.1) is 5.69 Å². The maximum absolute atomic E-state index is 9.52. The van der Waals surface area contributed by atoms with Gasteiger partial charge in [0.25, 0.3) is 0 Å². The number of hydrogen-bond acceptors (Lipinski definition) is 4. The average molecular weight is 277 g/mol. The van der Waals surface area contributed by atoms with Crippen molar-refractivity contribution in [2.75, 3.05) is 36.0 Å². The normalized spacial score (nSPS) is 18.9. The Morgan fingerprint density at radius 1 is 1.05 bits per heavy atom. The van der Waals surface area contributed by atoms with E-state index < -0.39 is 0 Å². The van der Waals surface area contributed by atoms with E-state index >= 15 is 0 Å². The Kier molecular flexibility index (Phi) is 3.48. The number of halogens is 1. The molecule has 3 heterocycles. The first kappa shape index (κ1) is 12.6. The first-order chi connectivity index (χ1) is 9.29. The topological polar surface area (TPSA) is 43.2 Å². The Morgan fingerprint density at radius 3 is 2.21 bits per heavy atom. The molecule has 1 aromatic rings. The first-order valence-electron chi connectivity index (χ1n) is 6.90. The lowest BCUT2D eigenvalue weighted by molar-refractivity contribution is 0.918. The summed E-state index contributed by atoms with van der Waals surface area (Å²) < 4.78 is 0. The van der Waals surface area contributed by atoms with Gasteiger partial charge in [-0.15, -0.1) is 0 Å². The molecule has 19 heavy (non-hydrogen) atoms. The summed E-state index contributed by atoms with van der Waals surface area (Å²) in [6, 6.07) is 4.18. The predicted molar refractivity (Wildman–Crippen MR) is 76.9 cm³/mol. The van der Waals surface area contributed by atoms with Crippen molar-refractivity contribution in [2.45, 2.75) is 25.7 Å². The summed E-state index contributed by atoms with van der Waals surface area (Å²) in [5.41, 5.74) is 1.65. The molecule has 0 aliphatic carbocycles. The van der Waals surface area contributed by atoms with E-state index in [2.05, 4.69) is 20.9 Å². The Bertz CT molecular complexity index is 474. The van der Waals surface area contributed by atoms with E-state index in [9.17, 15) is 5.26 Å². The minimum absolute atomic E-state index is 0.489. The molecule has 0 bridgehead atoms. The summed E-state index contributed by atoms with van der Waals surface area (Å²) >= 11 is 6.16. The van der Waals surface area contributed by atoms with Crippen molar-refractivity contribution in [1.29, 1.82) is 5.26 Å². The summed E-state index contributed by atoms with van der Waals surface area (Å²) in [6.45, 7) is 3.96. The number of pyridine rings is 1. The third kappa shape index (κ3) is 2.35. The molecule has 0 spiro atoms. The molecule has 2 aliphatic heterocycles. The van der Waals surface area contributed by atoms with Crippen molar-refractivity contribution in [1.82, 2.24) is 4.98 Å². The summed E-state index contributed by atoms with van der Waals surface area (Å²) in [4.78, 5) is 8.84. The van der Waals surface area contributed by atoms with E-state index in [1.165, 1.54) is 12.8 Å². The van der Waals surface area contributed by atoms with Crippen LogP contribution >= 0.6 is 11.6 Å².